The van der Waals surface area contributed by atoms with E-state index in [1.165, 1.54) is 17.0 Å². The molecule has 2 aliphatic rings. The maximum absolute atomic E-state index is 14.5. The molecular weight excluding hydrogens is 320 g/mol. The highest BCUT2D eigenvalue weighted by atomic mass is 19.1. The molecule has 4 atom stereocenters. The molecule has 3 rings (SSSR count). The number of carbonyl (C=O) groups is 1. The van der Waals surface area contributed by atoms with E-state index in [4.69, 9.17) is 15.2 Å². The molecule has 0 saturated carbocycles. The van der Waals surface area contributed by atoms with Gasteiger partial charge in [-0.3, -0.25) is 15.8 Å². The van der Waals surface area contributed by atoms with Crippen molar-refractivity contribution in [3.8, 4) is 0 Å². The third kappa shape index (κ3) is 2.69. The lowest BCUT2D eigenvalue weighted by molar-refractivity contribution is -0.169. The van der Waals surface area contributed by atoms with Gasteiger partial charge in [0.2, 0.25) is 5.91 Å². The highest BCUT2D eigenvalue weighted by Gasteiger charge is 2.55. The largest absolute Gasteiger partial charge is 0.382 e. The van der Waals surface area contributed by atoms with E-state index in [0.29, 0.717) is 13.0 Å². The van der Waals surface area contributed by atoms with Crippen LogP contribution in [0.15, 0.2) is 18.2 Å². The molecule has 1 aromatic carbocycles. The predicted molar refractivity (Wildman–Crippen MR) is 81.6 cm³/mol. The van der Waals surface area contributed by atoms with Crippen LogP contribution < -0.4 is 11.1 Å². The van der Waals surface area contributed by atoms with Crippen molar-refractivity contribution >= 4 is 5.91 Å². The maximum atomic E-state index is 14.5. The normalized spacial score (nSPS) is 33.5. The molecule has 8 heteroatoms. The SMILES string of the molecule is COC[C@H]1C[C@H]2C(=O)N(C)C(N)N[C@@]2(c2ccc(F)cc2F)CO1. The number of fused-ring (bicyclic) bond motifs is 1. The van der Waals surface area contributed by atoms with E-state index < -0.39 is 29.4 Å². The topological polar surface area (TPSA) is 76.8 Å². The Kier molecular flexibility index (Phi) is 4.56. The van der Waals surface area contributed by atoms with Crippen LogP contribution in [0, 0.1) is 17.6 Å². The highest BCUT2D eigenvalue weighted by Crippen LogP contribution is 2.42. The molecule has 24 heavy (non-hydrogen) atoms. The lowest BCUT2D eigenvalue weighted by atomic mass is 9.71. The molecule has 6 nitrogen and oxygen atoms in total. The fourth-order valence-electron chi connectivity index (χ4n) is 3.58. The van der Waals surface area contributed by atoms with Crippen molar-refractivity contribution < 1.29 is 23.0 Å². The van der Waals surface area contributed by atoms with Crippen molar-refractivity contribution in [3.05, 3.63) is 35.4 Å². The van der Waals surface area contributed by atoms with E-state index in [1.807, 2.05) is 0 Å². The van der Waals surface area contributed by atoms with Gasteiger partial charge in [-0.15, -0.1) is 0 Å². The first kappa shape index (κ1) is 17.2. The molecule has 132 valence electrons. The number of ether oxygens (including phenoxy) is 2. The fourth-order valence-corrected chi connectivity index (χ4v) is 3.58. The van der Waals surface area contributed by atoms with Crippen LogP contribution in [-0.4, -0.2) is 50.6 Å². The number of methoxy groups -OCH3 is 1. The van der Waals surface area contributed by atoms with Gasteiger partial charge in [-0.1, -0.05) is 6.07 Å². The number of hydrogen-bond acceptors (Lipinski definition) is 5. The minimum Gasteiger partial charge on any atom is -0.382 e. The van der Waals surface area contributed by atoms with E-state index >= 15 is 0 Å². The van der Waals surface area contributed by atoms with Crippen molar-refractivity contribution in [2.24, 2.45) is 11.7 Å². The van der Waals surface area contributed by atoms with Crippen LogP contribution in [0.25, 0.3) is 0 Å². The van der Waals surface area contributed by atoms with Gasteiger partial charge in [0.1, 0.15) is 17.9 Å². The van der Waals surface area contributed by atoms with Crippen LogP contribution in [-0.2, 0) is 19.8 Å². The average Bonchev–Trinajstić information content (AvgIpc) is 2.54. The Labute approximate surface area is 138 Å². The van der Waals surface area contributed by atoms with Gasteiger partial charge in [-0.2, -0.15) is 0 Å². The zero-order valence-corrected chi connectivity index (χ0v) is 13.6. The molecule has 2 heterocycles. The number of halogens is 2. The molecule has 3 N–H and O–H groups in total. The summed E-state index contributed by atoms with van der Waals surface area (Å²) < 4.78 is 38.7. The highest BCUT2D eigenvalue weighted by molar-refractivity contribution is 5.82. The summed E-state index contributed by atoms with van der Waals surface area (Å²) in [5, 5.41) is 3.11. The monoisotopic (exact) mass is 341 g/mol. The number of nitrogens with two attached hydrogens (primary N) is 1. The first-order chi connectivity index (χ1) is 11.4. The number of hydrogen-bond donors (Lipinski definition) is 2. The number of benzene rings is 1. The van der Waals surface area contributed by atoms with Crippen molar-refractivity contribution in [1.82, 2.24) is 10.2 Å². The van der Waals surface area contributed by atoms with Gasteiger partial charge in [0.15, 0.2) is 0 Å². The van der Waals surface area contributed by atoms with E-state index in [0.717, 1.165) is 6.07 Å². The van der Waals surface area contributed by atoms with Gasteiger partial charge in [0.05, 0.1) is 30.8 Å². The Morgan fingerprint density at radius 1 is 1.50 bits per heavy atom. The van der Waals surface area contributed by atoms with Gasteiger partial charge < -0.3 is 14.4 Å². The second-order valence-corrected chi connectivity index (χ2v) is 6.31. The minimum atomic E-state index is -1.13. The fraction of sp³-hybridized carbons (Fsp3) is 0.562. The molecule has 0 aliphatic carbocycles. The lowest BCUT2D eigenvalue weighted by Gasteiger charge is -2.53. The van der Waals surface area contributed by atoms with Gasteiger partial charge in [0.25, 0.3) is 0 Å². The predicted octanol–water partition coefficient (Wildman–Crippen LogP) is 0.516. The standard InChI is InChI=1S/C16H21F2N3O3/c1-21-14(22)12-6-10(7-23-2)24-8-16(12,20-15(21)19)11-4-3-9(17)5-13(11)18/h3-5,10,12,15,20H,6-8,19H2,1-2H3/t10-,12+,15?,16-/m1/s1. The molecule has 0 radical (unpaired) electrons. The number of carbonyl (C=O) groups excluding carboxylic acids is 1. The van der Waals surface area contributed by atoms with Crippen LogP contribution >= 0.6 is 0 Å². The molecule has 1 unspecified atom stereocenters. The number of nitrogens with one attached hydrogen (secondary N) is 1. The second-order valence-electron chi connectivity index (χ2n) is 6.31. The molecular formula is C16H21F2N3O3. The van der Waals surface area contributed by atoms with E-state index in [9.17, 15) is 13.6 Å². The Bertz CT molecular complexity index is 645. The summed E-state index contributed by atoms with van der Waals surface area (Å²) in [6, 6.07) is 3.32. The van der Waals surface area contributed by atoms with Crippen molar-refractivity contribution in [3.63, 3.8) is 0 Å². The van der Waals surface area contributed by atoms with Crippen LogP contribution in [0.3, 0.4) is 0 Å². The summed E-state index contributed by atoms with van der Waals surface area (Å²) in [5.41, 5.74) is 5.04. The molecule has 1 aromatic rings. The summed E-state index contributed by atoms with van der Waals surface area (Å²) in [6.07, 6.45) is -0.709. The molecule has 0 bridgehead atoms. The molecule has 2 aliphatic heterocycles. The van der Waals surface area contributed by atoms with Crippen LogP contribution in [0.4, 0.5) is 8.78 Å². The number of nitrogens with zero attached hydrogens (tertiary/aromatic N) is 1. The van der Waals surface area contributed by atoms with Gasteiger partial charge in [-0.25, -0.2) is 8.78 Å². The van der Waals surface area contributed by atoms with E-state index in [2.05, 4.69) is 5.32 Å². The average molecular weight is 341 g/mol. The van der Waals surface area contributed by atoms with Crippen LogP contribution in [0.2, 0.25) is 0 Å². The van der Waals surface area contributed by atoms with E-state index in [1.54, 1.807) is 14.2 Å². The summed E-state index contributed by atoms with van der Waals surface area (Å²) in [7, 11) is 3.14. The van der Waals surface area contributed by atoms with Crippen molar-refractivity contribution in [2.75, 3.05) is 27.4 Å². The summed E-state index contributed by atoms with van der Waals surface area (Å²) in [4.78, 5) is 14.2. The lowest BCUT2D eigenvalue weighted by Crippen LogP contribution is -2.73. The Hall–Kier alpha value is -1.61. The number of amides is 1. The van der Waals surface area contributed by atoms with Gasteiger partial charge in [0, 0.05) is 25.8 Å². The summed E-state index contributed by atoms with van der Waals surface area (Å²) in [5.74, 6) is -2.20. The molecule has 0 aromatic heterocycles. The van der Waals surface area contributed by atoms with Crippen molar-refractivity contribution in [1.29, 1.82) is 0 Å². The maximum Gasteiger partial charge on any atom is 0.230 e. The zero-order chi connectivity index (χ0) is 17.5. The summed E-state index contributed by atoms with van der Waals surface area (Å²) in [6.45, 7) is 0.378. The Morgan fingerprint density at radius 2 is 2.25 bits per heavy atom. The molecule has 2 fully saturated rings. The van der Waals surface area contributed by atoms with Crippen LogP contribution in [0.5, 0.6) is 0 Å². The first-order valence-electron chi connectivity index (χ1n) is 7.75. The second kappa shape index (κ2) is 6.36. The van der Waals surface area contributed by atoms with Gasteiger partial charge >= 0.3 is 0 Å². The van der Waals surface area contributed by atoms with Crippen LogP contribution in [0.1, 0.15) is 12.0 Å². The Balaban J connectivity index is 2.05. The number of rotatable bonds is 3. The summed E-state index contributed by atoms with van der Waals surface area (Å²) >= 11 is 0. The van der Waals surface area contributed by atoms with Gasteiger partial charge in [-0.05, 0) is 12.5 Å². The molecule has 2 saturated heterocycles. The van der Waals surface area contributed by atoms with Crippen molar-refractivity contribution in [2.45, 2.75) is 24.4 Å². The van der Waals surface area contributed by atoms with E-state index in [-0.39, 0.29) is 24.2 Å². The molecule has 1 amide bonds. The minimum absolute atomic E-state index is 0.0432. The third-order valence-electron chi connectivity index (χ3n) is 4.87. The Morgan fingerprint density at radius 3 is 2.92 bits per heavy atom. The quantitative estimate of drug-likeness (QED) is 0.838. The smallest absolute Gasteiger partial charge is 0.230 e. The third-order valence-corrected chi connectivity index (χ3v) is 4.87. The molecule has 0 spiro atoms. The zero-order valence-electron chi connectivity index (χ0n) is 13.6. The first-order valence-corrected chi connectivity index (χ1v) is 7.75.